The number of carbonyl (C=O) groups excluding carboxylic acids is 2. The summed E-state index contributed by atoms with van der Waals surface area (Å²) in [6.07, 6.45) is 1.94. The van der Waals surface area contributed by atoms with Crippen LogP contribution >= 0.6 is 0 Å². The number of amides is 1. The molecule has 0 aliphatic carbocycles. The van der Waals surface area contributed by atoms with Gasteiger partial charge in [-0.2, -0.15) is 0 Å². The van der Waals surface area contributed by atoms with Gasteiger partial charge in [-0.15, -0.1) is 0 Å². The van der Waals surface area contributed by atoms with Crippen molar-refractivity contribution < 1.29 is 9.59 Å². The molecule has 1 aromatic carbocycles. The topological polar surface area (TPSA) is 58.2 Å². The molecule has 0 unspecified atom stereocenters. The van der Waals surface area contributed by atoms with Gasteiger partial charge < -0.3 is 10.6 Å². The molecule has 1 heterocycles. The molecule has 0 saturated heterocycles. The SMILES string of the molecule is CC(=O)CCNCc1ccc2c(c1)CCC(=O)N2. The Morgan fingerprint density at radius 1 is 1.39 bits per heavy atom. The molecule has 0 fully saturated rings. The summed E-state index contributed by atoms with van der Waals surface area (Å²) >= 11 is 0. The van der Waals surface area contributed by atoms with Gasteiger partial charge in [0.1, 0.15) is 5.78 Å². The lowest BCUT2D eigenvalue weighted by Crippen LogP contribution is -2.20. The highest BCUT2D eigenvalue weighted by Crippen LogP contribution is 2.23. The summed E-state index contributed by atoms with van der Waals surface area (Å²) in [6, 6.07) is 6.08. The largest absolute Gasteiger partial charge is 0.326 e. The molecule has 4 heteroatoms. The molecule has 18 heavy (non-hydrogen) atoms. The number of anilines is 1. The summed E-state index contributed by atoms with van der Waals surface area (Å²) in [5.41, 5.74) is 3.31. The van der Waals surface area contributed by atoms with Crippen molar-refractivity contribution in [1.82, 2.24) is 5.32 Å². The minimum absolute atomic E-state index is 0.0924. The number of Topliss-reactive ketones (excluding diaryl/α,β-unsaturated/α-hetero) is 1. The Hall–Kier alpha value is -1.68. The third-order valence-corrected chi connectivity index (χ3v) is 3.05. The molecule has 0 spiro atoms. The van der Waals surface area contributed by atoms with Crippen LogP contribution in [-0.4, -0.2) is 18.2 Å². The van der Waals surface area contributed by atoms with E-state index in [1.165, 1.54) is 11.1 Å². The molecule has 1 aliphatic rings. The van der Waals surface area contributed by atoms with Crippen LogP contribution in [0.1, 0.15) is 30.9 Å². The predicted molar refractivity (Wildman–Crippen MR) is 70.4 cm³/mol. The fourth-order valence-corrected chi connectivity index (χ4v) is 2.04. The van der Waals surface area contributed by atoms with Crippen LogP contribution in [0.25, 0.3) is 0 Å². The second kappa shape index (κ2) is 5.78. The first-order chi connectivity index (χ1) is 8.65. The normalized spacial score (nSPS) is 13.9. The van der Waals surface area contributed by atoms with Crippen molar-refractivity contribution in [2.45, 2.75) is 32.7 Å². The predicted octanol–water partition coefficient (Wildman–Crippen LogP) is 1.64. The fraction of sp³-hybridized carbons (Fsp3) is 0.429. The molecule has 0 atom stereocenters. The molecular weight excluding hydrogens is 228 g/mol. The Morgan fingerprint density at radius 2 is 2.22 bits per heavy atom. The van der Waals surface area contributed by atoms with E-state index in [0.29, 0.717) is 19.4 Å². The first-order valence-corrected chi connectivity index (χ1v) is 6.27. The zero-order valence-electron chi connectivity index (χ0n) is 10.6. The van der Waals surface area contributed by atoms with E-state index in [-0.39, 0.29) is 11.7 Å². The summed E-state index contributed by atoms with van der Waals surface area (Å²) in [4.78, 5) is 22.0. The Labute approximate surface area is 107 Å². The number of rotatable bonds is 5. The standard InChI is InChI=1S/C14H18N2O2/c1-10(17)6-7-15-9-11-2-4-13-12(8-11)3-5-14(18)16-13/h2,4,8,15H,3,5-7,9H2,1H3,(H,16,18). The summed E-state index contributed by atoms with van der Waals surface area (Å²) in [5, 5.41) is 6.11. The lowest BCUT2D eigenvalue weighted by Gasteiger charge is -2.17. The minimum atomic E-state index is 0.0924. The number of benzene rings is 1. The van der Waals surface area contributed by atoms with Gasteiger partial charge >= 0.3 is 0 Å². The van der Waals surface area contributed by atoms with E-state index in [4.69, 9.17) is 0 Å². The van der Waals surface area contributed by atoms with Crippen LogP contribution in [0.15, 0.2) is 18.2 Å². The van der Waals surface area contributed by atoms with Crippen LogP contribution in [0.3, 0.4) is 0 Å². The highest BCUT2D eigenvalue weighted by Gasteiger charge is 2.14. The molecule has 2 rings (SSSR count). The summed E-state index contributed by atoms with van der Waals surface area (Å²) < 4.78 is 0. The average Bonchev–Trinajstić information content (AvgIpc) is 2.34. The van der Waals surface area contributed by atoms with Gasteiger partial charge in [0.25, 0.3) is 0 Å². The minimum Gasteiger partial charge on any atom is -0.326 e. The second-order valence-electron chi connectivity index (χ2n) is 4.67. The van der Waals surface area contributed by atoms with E-state index in [2.05, 4.69) is 16.7 Å². The van der Waals surface area contributed by atoms with Crippen molar-refractivity contribution in [3.8, 4) is 0 Å². The zero-order valence-corrected chi connectivity index (χ0v) is 10.6. The van der Waals surface area contributed by atoms with Crippen LogP contribution < -0.4 is 10.6 Å². The third kappa shape index (κ3) is 3.40. The summed E-state index contributed by atoms with van der Waals surface area (Å²) in [7, 11) is 0. The molecule has 0 aromatic heterocycles. The van der Waals surface area contributed by atoms with Crippen molar-refractivity contribution in [2.24, 2.45) is 0 Å². The fourth-order valence-electron chi connectivity index (χ4n) is 2.04. The third-order valence-electron chi connectivity index (χ3n) is 3.05. The second-order valence-corrected chi connectivity index (χ2v) is 4.67. The smallest absolute Gasteiger partial charge is 0.224 e. The van der Waals surface area contributed by atoms with E-state index in [0.717, 1.165) is 18.7 Å². The molecule has 0 saturated carbocycles. The molecule has 4 nitrogen and oxygen atoms in total. The van der Waals surface area contributed by atoms with Crippen molar-refractivity contribution in [2.75, 3.05) is 11.9 Å². The van der Waals surface area contributed by atoms with Gasteiger partial charge in [-0.25, -0.2) is 0 Å². The zero-order chi connectivity index (χ0) is 13.0. The monoisotopic (exact) mass is 246 g/mol. The summed E-state index contributed by atoms with van der Waals surface area (Å²) in [6.45, 7) is 3.07. The van der Waals surface area contributed by atoms with Crippen LogP contribution in [0.4, 0.5) is 5.69 Å². The maximum atomic E-state index is 11.2. The van der Waals surface area contributed by atoms with Gasteiger partial charge in [0.15, 0.2) is 0 Å². The average molecular weight is 246 g/mol. The lowest BCUT2D eigenvalue weighted by molar-refractivity contribution is -0.117. The Morgan fingerprint density at radius 3 is 3.00 bits per heavy atom. The van der Waals surface area contributed by atoms with Crippen molar-refractivity contribution >= 4 is 17.4 Å². The molecule has 1 amide bonds. The Kier molecular flexibility index (Phi) is 4.10. The van der Waals surface area contributed by atoms with E-state index in [1.54, 1.807) is 6.92 Å². The number of hydrogen-bond donors (Lipinski definition) is 2. The van der Waals surface area contributed by atoms with Gasteiger partial charge in [-0.05, 0) is 30.5 Å². The van der Waals surface area contributed by atoms with Gasteiger partial charge in [0, 0.05) is 31.6 Å². The first kappa shape index (κ1) is 12.8. The van der Waals surface area contributed by atoms with E-state index >= 15 is 0 Å². The van der Waals surface area contributed by atoms with Gasteiger partial charge in [-0.3, -0.25) is 9.59 Å². The Bertz CT molecular complexity index is 469. The number of ketones is 1. The maximum Gasteiger partial charge on any atom is 0.224 e. The number of nitrogens with one attached hydrogen (secondary N) is 2. The van der Waals surface area contributed by atoms with Gasteiger partial charge in [-0.1, -0.05) is 12.1 Å². The Balaban J connectivity index is 1.91. The van der Waals surface area contributed by atoms with Crippen LogP contribution in [0.5, 0.6) is 0 Å². The van der Waals surface area contributed by atoms with Crippen LogP contribution in [0, 0.1) is 0 Å². The van der Waals surface area contributed by atoms with Crippen LogP contribution in [-0.2, 0) is 22.6 Å². The van der Waals surface area contributed by atoms with Gasteiger partial charge in [0.2, 0.25) is 5.91 Å². The van der Waals surface area contributed by atoms with Crippen LogP contribution in [0.2, 0.25) is 0 Å². The molecule has 2 N–H and O–H groups in total. The lowest BCUT2D eigenvalue weighted by atomic mass is 10.0. The number of fused-ring (bicyclic) bond motifs is 1. The van der Waals surface area contributed by atoms with E-state index < -0.39 is 0 Å². The van der Waals surface area contributed by atoms with E-state index in [1.807, 2.05) is 12.1 Å². The first-order valence-electron chi connectivity index (χ1n) is 6.27. The molecule has 1 aliphatic heterocycles. The molecule has 0 radical (unpaired) electrons. The van der Waals surface area contributed by atoms with Crippen molar-refractivity contribution in [3.05, 3.63) is 29.3 Å². The van der Waals surface area contributed by atoms with Gasteiger partial charge in [0.05, 0.1) is 0 Å². The number of aryl methyl sites for hydroxylation is 1. The number of carbonyl (C=O) groups is 2. The van der Waals surface area contributed by atoms with Crippen molar-refractivity contribution in [3.63, 3.8) is 0 Å². The maximum absolute atomic E-state index is 11.2. The quantitative estimate of drug-likeness (QED) is 0.776. The van der Waals surface area contributed by atoms with Crippen molar-refractivity contribution in [1.29, 1.82) is 0 Å². The van der Waals surface area contributed by atoms with E-state index in [9.17, 15) is 9.59 Å². The highest BCUT2D eigenvalue weighted by atomic mass is 16.1. The molecule has 1 aromatic rings. The summed E-state index contributed by atoms with van der Waals surface area (Å²) in [5.74, 6) is 0.297. The number of hydrogen-bond acceptors (Lipinski definition) is 3. The molecule has 96 valence electrons. The molecular formula is C14H18N2O2. The molecule has 0 bridgehead atoms. The highest BCUT2D eigenvalue weighted by molar-refractivity contribution is 5.93.